The number of urea groups is 1. The summed E-state index contributed by atoms with van der Waals surface area (Å²) in [6.07, 6.45) is 4.14. The Morgan fingerprint density at radius 3 is 2.75 bits per heavy atom. The first-order valence-corrected chi connectivity index (χ1v) is 7.52. The second-order valence-corrected chi connectivity index (χ2v) is 5.88. The zero-order valence-electron chi connectivity index (χ0n) is 11.0. The minimum Gasteiger partial charge on any atom is -0.391 e. The number of hydrogen-bond acceptors (Lipinski definition) is 2. The maximum absolute atomic E-state index is 12.0. The summed E-state index contributed by atoms with van der Waals surface area (Å²) in [5.74, 6) is 0. The molecule has 4 nitrogen and oxygen atoms in total. The first-order chi connectivity index (χ1) is 9.56. The Bertz CT molecular complexity index is 482. The number of rotatable bonds is 2. The lowest BCUT2D eigenvalue weighted by molar-refractivity contribution is 0.124. The molecule has 1 fully saturated rings. The van der Waals surface area contributed by atoms with Crippen LogP contribution in [0.2, 0.25) is 10.0 Å². The minimum atomic E-state index is -0.488. The van der Waals surface area contributed by atoms with Crippen LogP contribution in [0.25, 0.3) is 0 Å². The Morgan fingerprint density at radius 1 is 1.20 bits per heavy atom. The summed E-state index contributed by atoms with van der Waals surface area (Å²) in [7, 11) is 0. The summed E-state index contributed by atoms with van der Waals surface area (Å²) < 4.78 is 0. The second kappa shape index (κ2) is 7.16. The molecule has 1 aliphatic carbocycles. The van der Waals surface area contributed by atoms with Crippen LogP contribution in [0.3, 0.4) is 0 Å². The van der Waals surface area contributed by atoms with Crippen molar-refractivity contribution in [3.8, 4) is 0 Å². The molecule has 2 unspecified atom stereocenters. The number of carbonyl (C=O) groups is 1. The lowest BCUT2D eigenvalue weighted by atomic mass is 10.1. The van der Waals surface area contributed by atoms with Gasteiger partial charge >= 0.3 is 6.03 Å². The third-order valence-electron chi connectivity index (χ3n) is 3.47. The number of anilines is 1. The molecule has 2 atom stereocenters. The van der Waals surface area contributed by atoms with Gasteiger partial charge in [-0.25, -0.2) is 4.79 Å². The van der Waals surface area contributed by atoms with Crippen LogP contribution in [0.1, 0.15) is 32.1 Å². The molecule has 1 aliphatic rings. The highest BCUT2D eigenvalue weighted by atomic mass is 35.5. The summed E-state index contributed by atoms with van der Waals surface area (Å²) in [6, 6.07) is 4.28. The summed E-state index contributed by atoms with van der Waals surface area (Å²) in [6.45, 7) is 0. The van der Waals surface area contributed by atoms with Gasteiger partial charge in [0.05, 0.1) is 22.9 Å². The van der Waals surface area contributed by atoms with Gasteiger partial charge in [-0.3, -0.25) is 0 Å². The van der Waals surface area contributed by atoms with E-state index in [0.29, 0.717) is 15.7 Å². The van der Waals surface area contributed by atoms with Crippen molar-refractivity contribution < 1.29 is 9.90 Å². The Hall–Kier alpha value is -0.970. The average Bonchev–Trinajstić information content (AvgIpc) is 2.59. The maximum Gasteiger partial charge on any atom is 0.319 e. The van der Waals surface area contributed by atoms with Gasteiger partial charge in [-0.1, -0.05) is 42.5 Å². The topological polar surface area (TPSA) is 61.4 Å². The van der Waals surface area contributed by atoms with Gasteiger partial charge in [-0.2, -0.15) is 0 Å². The highest BCUT2D eigenvalue weighted by molar-refractivity contribution is 6.35. The maximum atomic E-state index is 12.0. The van der Waals surface area contributed by atoms with E-state index >= 15 is 0 Å². The van der Waals surface area contributed by atoms with E-state index < -0.39 is 6.10 Å². The first kappa shape index (κ1) is 15.4. The van der Waals surface area contributed by atoms with Crippen LogP contribution in [0.5, 0.6) is 0 Å². The van der Waals surface area contributed by atoms with Crippen molar-refractivity contribution in [2.45, 2.75) is 44.2 Å². The molecule has 0 saturated heterocycles. The first-order valence-electron chi connectivity index (χ1n) is 6.77. The standard InChI is InChI=1S/C14H18Cl2N2O2/c15-9-6-7-10(16)12(8-9)18-14(20)17-11-4-2-1-3-5-13(11)19/h6-8,11,13,19H,1-5H2,(H2,17,18,20). The molecule has 6 heteroatoms. The number of amides is 2. The smallest absolute Gasteiger partial charge is 0.319 e. The Morgan fingerprint density at radius 2 is 1.95 bits per heavy atom. The van der Waals surface area contributed by atoms with Crippen LogP contribution >= 0.6 is 23.2 Å². The SMILES string of the molecule is O=C(Nc1cc(Cl)ccc1Cl)NC1CCCCCC1O. The molecule has 0 aromatic heterocycles. The third-order valence-corrected chi connectivity index (χ3v) is 4.04. The van der Waals surface area contributed by atoms with Gasteiger partial charge in [0.1, 0.15) is 0 Å². The van der Waals surface area contributed by atoms with Gasteiger partial charge in [0.2, 0.25) is 0 Å². The molecule has 1 saturated carbocycles. The summed E-state index contributed by atoms with van der Waals surface area (Å²) in [5, 5.41) is 16.4. The number of nitrogens with one attached hydrogen (secondary N) is 2. The molecule has 1 aromatic carbocycles. The van der Waals surface area contributed by atoms with Gasteiger partial charge in [-0.05, 0) is 31.0 Å². The Kier molecular flexibility index (Phi) is 5.52. The van der Waals surface area contributed by atoms with E-state index in [0.717, 1.165) is 32.1 Å². The molecule has 3 N–H and O–H groups in total. The molecule has 20 heavy (non-hydrogen) atoms. The molecule has 0 bridgehead atoms. The molecule has 2 rings (SSSR count). The van der Waals surface area contributed by atoms with Crippen LogP contribution in [0, 0.1) is 0 Å². The molecule has 2 amide bonds. The number of aliphatic hydroxyl groups is 1. The molecule has 0 spiro atoms. The number of carbonyl (C=O) groups excluding carboxylic acids is 1. The summed E-state index contributed by atoms with van der Waals surface area (Å²) in [4.78, 5) is 12.0. The van der Waals surface area contributed by atoms with Crippen LogP contribution in [0.15, 0.2) is 18.2 Å². The average molecular weight is 317 g/mol. The van der Waals surface area contributed by atoms with Gasteiger partial charge in [0, 0.05) is 5.02 Å². The monoisotopic (exact) mass is 316 g/mol. The largest absolute Gasteiger partial charge is 0.391 e. The van der Waals surface area contributed by atoms with Crippen LogP contribution in [-0.4, -0.2) is 23.3 Å². The van der Waals surface area contributed by atoms with E-state index in [2.05, 4.69) is 10.6 Å². The van der Waals surface area contributed by atoms with Crippen LogP contribution in [-0.2, 0) is 0 Å². The molecule has 0 aliphatic heterocycles. The fraction of sp³-hybridized carbons (Fsp3) is 0.500. The van der Waals surface area contributed by atoms with Gasteiger partial charge in [0.15, 0.2) is 0 Å². The molecular formula is C14H18Cl2N2O2. The zero-order valence-corrected chi connectivity index (χ0v) is 12.5. The number of benzene rings is 1. The zero-order chi connectivity index (χ0) is 14.5. The van der Waals surface area contributed by atoms with E-state index in [1.165, 1.54) is 0 Å². The summed E-state index contributed by atoms with van der Waals surface area (Å²) >= 11 is 11.9. The Balaban J connectivity index is 1.96. The van der Waals surface area contributed by atoms with Crippen molar-refractivity contribution in [2.75, 3.05) is 5.32 Å². The Labute approximate surface area is 128 Å². The quantitative estimate of drug-likeness (QED) is 0.726. The van der Waals surface area contributed by atoms with Gasteiger partial charge in [-0.15, -0.1) is 0 Å². The molecular weight excluding hydrogens is 299 g/mol. The van der Waals surface area contributed by atoms with Gasteiger partial charge < -0.3 is 15.7 Å². The molecule has 110 valence electrons. The van der Waals surface area contributed by atoms with E-state index in [9.17, 15) is 9.90 Å². The highest BCUT2D eigenvalue weighted by Crippen LogP contribution is 2.25. The lowest BCUT2D eigenvalue weighted by Gasteiger charge is -2.22. The van der Waals surface area contributed by atoms with E-state index in [-0.39, 0.29) is 12.1 Å². The van der Waals surface area contributed by atoms with Crippen molar-refractivity contribution in [1.29, 1.82) is 0 Å². The predicted octanol–water partition coefficient (Wildman–Crippen LogP) is 3.81. The van der Waals surface area contributed by atoms with E-state index in [4.69, 9.17) is 23.2 Å². The summed E-state index contributed by atoms with van der Waals surface area (Å²) in [5.41, 5.74) is 0.458. The highest BCUT2D eigenvalue weighted by Gasteiger charge is 2.23. The third kappa shape index (κ3) is 4.27. The fourth-order valence-electron chi connectivity index (χ4n) is 2.38. The van der Waals surface area contributed by atoms with Gasteiger partial charge in [0.25, 0.3) is 0 Å². The van der Waals surface area contributed by atoms with E-state index in [1.54, 1.807) is 18.2 Å². The molecule has 0 heterocycles. The predicted molar refractivity (Wildman–Crippen MR) is 81.5 cm³/mol. The molecule has 0 radical (unpaired) electrons. The van der Waals surface area contributed by atoms with Crippen molar-refractivity contribution in [3.63, 3.8) is 0 Å². The van der Waals surface area contributed by atoms with E-state index in [1.807, 2.05) is 0 Å². The number of halogens is 2. The van der Waals surface area contributed by atoms with Crippen LogP contribution in [0.4, 0.5) is 10.5 Å². The second-order valence-electron chi connectivity index (χ2n) is 5.03. The molecule has 1 aromatic rings. The minimum absolute atomic E-state index is 0.213. The lowest BCUT2D eigenvalue weighted by Crippen LogP contribution is -2.44. The van der Waals surface area contributed by atoms with Crippen molar-refractivity contribution in [1.82, 2.24) is 5.32 Å². The normalized spacial score (nSPS) is 22.9. The number of hydrogen-bond donors (Lipinski definition) is 3. The van der Waals surface area contributed by atoms with Crippen molar-refractivity contribution >= 4 is 34.9 Å². The van der Waals surface area contributed by atoms with Crippen molar-refractivity contribution in [3.05, 3.63) is 28.2 Å². The fourth-order valence-corrected chi connectivity index (χ4v) is 2.71. The number of aliphatic hydroxyl groups excluding tert-OH is 1. The van der Waals surface area contributed by atoms with Crippen molar-refractivity contribution in [2.24, 2.45) is 0 Å². The van der Waals surface area contributed by atoms with Crippen LogP contribution < -0.4 is 10.6 Å².